The minimum absolute atomic E-state index is 0.100. The molecule has 4 nitrogen and oxygen atoms in total. The van der Waals surface area contributed by atoms with Gasteiger partial charge in [-0.2, -0.15) is 0 Å². The molecule has 0 radical (unpaired) electrons. The van der Waals surface area contributed by atoms with Crippen molar-refractivity contribution in [1.82, 2.24) is 9.88 Å². The Balaban J connectivity index is 1.94. The first-order valence-corrected chi connectivity index (χ1v) is 7.24. The Kier molecular flexibility index (Phi) is 4.81. The maximum Gasteiger partial charge on any atom is 0.267 e. The van der Waals surface area contributed by atoms with Crippen molar-refractivity contribution in [2.75, 3.05) is 6.54 Å². The van der Waals surface area contributed by atoms with Crippen molar-refractivity contribution in [3.8, 4) is 0 Å². The molecule has 0 aliphatic carbocycles. The van der Waals surface area contributed by atoms with E-state index in [0.29, 0.717) is 18.2 Å². The Hall–Kier alpha value is -2.07. The van der Waals surface area contributed by atoms with E-state index in [1.807, 2.05) is 31.4 Å². The molecule has 4 heteroatoms. The van der Waals surface area contributed by atoms with E-state index < -0.39 is 0 Å². The second-order valence-electron chi connectivity index (χ2n) is 5.64. The molecule has 21 heavy (non-hydrogen) atoms. The highest BCUT2D eigenvalue weighted by atomic mass is 16.1. The third-order valence-corrected chi connectivity index (χ3v) is 3.69. The molecule has 0 bridgehead atoms. The number of nitrogens with two attached hydrogens (primary N) is 1. The second kappa shape index (κ2) is 6.59. The Labute approximate surface area is 126 Å². The number of benzene rings is 1. The van der Waals surface area contributed by atoms with Crippen LogP contribution in [0, 0.1) is 0 Å². The molecular weight excluding hydrogens is 262 g/mol. The van der Waals surface area contributed by atoms with Gasteiger partial charge in [0.05, 0.1) is 0 Å². The predicted octanol–water partition coefficient (Wildman–Crippen LogP) is 2.58. The quantitative estimate of drug-likeness (QED) is 0.887. The molecule has 2 rings (SSSR count). The first kappa shape index (κ1) is 15.3. The lowest BCUT2D eigenvalue weighted by molar-refractivity contribution is 0.0943. The summed E-state index contributed by atoms with van der Waals surface area (Å²) in [4.78, 5) is 12.0. The predicted molar refractivity (Wildman–Crippen MR) is 85.2 cm³/mol. The van der Waals surface area contributed by atoms with E-state index in [-0.39, 0.29) is 11.9 Å². The van der Waals surface area contributed by atoms with Crippen LogP contribution in [0.1, 0.15) is 47.4 Å². The van der Waals surface area contributed by atoms with Crippen LogP contribution in [0.25, 0.3) is 0 Å². The van der Waals surface area contributed by atoms with Crippen molar-refractivity contribution >= 4 is 5.91 Å². The minimum Gasteiger partial charge on any atom is -0.349 e. The standard InChI is InChI=1S/C17H23N3O/c1-12(2)13-6-8-14(9-7-13)15(18)11-19-17(21)16-5-4-10-20(16)3/h4-10,12,15H,11,18H2,1-3H3,(H,19,21). The molecule has 3 N–H and O–H groups in total. The number of aromatic nitrogens is 1. The summed E-state index contributed by atoms with van der Waals surface area (Å²) in [6.07, 6.45) is 1.85. The number of carbonyl (C=O) groups is 1. The van der Waals surface area contributed by atoms with Gasteiger partial charge >= 0.3 is 0 Å². The van der Waals surface area contributed by atoms with E-state index in [1.54, 1.807) is 10.6 Å². The van der Waals surface area contributed by atoms with E-state index in [4.69, 9.17) is 5.73 Å². The van der Waals surface area contributed by atoms with Crippen LogP contribution in [0.2, 0.25) is 0 Å². The molecule has 0 spiro atoms. The third kappa shape index (κ3) is 3.73. The maximum absolute atomic E-state index is 12.0. The van der Waals surface area contributed by atoms with E-state index in [1.165, 1.54) is 5.56 Å². The van der Waals surface area contributed by atoms with Gasteiger partial charge in [0, 0.05) is 25.8 Å². The average Bonchev–Trinajstić information content (AvgIpc) is 2.90. The zero-order valence-electron chi connectivity index (χ0n) is 12.8. The summed E-state index contributed by atoms with van der Waals surface area (Å²) in [5, 5.41) is 2.88. The SMILES string of the molecule is CC(C)c1ccc(C(N)CNC(=O)c2cccn2C)cc1. The van der Waals surface area contributed by atoms with Crippen molar-refractivity contribution in [2.24, 2.45) is 12.8 Å². The molecule has 112 valence electrons. The molecule has 1 atom stereocenters. The molecule has 0 saturated heterocycles. The van der Waals surface area contributed by atoms with Gasteiger partial charge in [-0.15, -0.1) is 0 Å². The van der Waals surface area contributed by atoms with E-state index in [2.05, 4.69) is 31.3 Å². The minimum atomic E-state index is -0.199. The first-order chi connectivity index (χ1) is 9.99. The Morgan fingerprint density at radius 3 is 2.33 bits per heavy atom. The van der Waals surface area contributed by atoms with Gasteiger partial charge < -0.3 is 15.6 Å². The topological polar surface area (TPSA) is 60.0 Å². The van der Waals surface area contributed by atoms with Crippen molar-refractivity contribution < 1.29 is 4.79 Å². The fourth-order valence-electron chi connectivity index (χ4n) is 2.24. The molecule has 1 unspecified atom stereocenters. The first-order valence-electron chi connectivity index (χ1n) is 7.24. The third-order valence-electron chi connectivity index (χ3n) is 3.69. The second-order valence-corrected chi connectivity index (χ2v) is 5.64. The summed E-state index contributed by atoms with van der Waals surface area (Å²) in [5.74, 6) is 0.407. The van der Waals surface area contributed by atoms with Crippen molar-refractivity contribution in [3.05, 3.63) is 59.4 Å². The van der Waals surface area contributed by atoms with Gasteiger partial charge in [0.1, 0.15) is 5.69 Å². The van der Waals surface area contributed by atoms with Crippen LogP contribution >= 0.6 is 0 Å². The van der Waals surface area contributed by atoms with Crippen LogP contribution in [0.5, 0.6) is 0 Å². The molecule has 0 aliphatic rings. The van der Waals surface area contributed by atoms with Gasteiger partial charge in [-0.05, 0) is 29.2 Å². The number of hydrogen-bond acceptors (Lipinski definition) is 2. The average molecular weight is 285 g/mol. The number of nitrogens with zero attached hydrogens (tertiary/aromatic N) is 1. The largest absolute Gasteiger partial charge is 0.349 e. The number of nitrogens with one attached hydrogen (secondary N) is 1. The molecule has 1 amide bonds. The van der Waals surface area contributed by atoms with Crippen LogP contribution in [-0.2, 0) is 7.05 Å². The Morgan fingerprint density at radius 1 is 1.19 bits per heavy atom. The number of amides is 1. The molecule has 2 aromatic rings. The molecule has 0 saturated carbocycles. The summed E-state index contributed by atoms with van der Waals surface area (Å²) < 4.78 is 1.79. The monoisotopic (exact) mass is 285 g/mol. The lowest BCUT2D eigenvalue weighted by Gasteiger charge is -2.15. The van der Waals surface area contributed by atoms with E-state index >= 15 is 0 Å². The molecular formula is C17H23N3O. The fourth-order valence-corrected chi connectivity index (χ4v) is 2.24. The summed E-state index contributed by atoms with van der Waals surface area (Å²) in [5.41, 5.74) is 9.10. The number of hydrogen-bond donors (Lipinski definition) is 2. The highest BCUT2D eigenvalue weighted by Crippen LogP contribution is 2.17. The van der Waals surface area contributed by atoms with Gasteiger partial charge in [0.25, 0.3) is 5.91 Å². The van der Waals surface area contributed by atoms with Gasteiger partial charge in [0.2, 0.25) is 0 Å². The number of carbonyl (C=O) groups excluding carboxylic acids is 1. The zero-order chi connectivity index (χ0) is 15.4. The van der Waals surface area contributed by atoms with E-state index in [0.717, 1.165) is 5.56 Å². The maximum atomic E-state index is 12.0. The molecule has 1 heterocycles. The van der Waals surface area contributed by atoms with Crippen LogP contribution < -0.4 is 11.1 Å². The molecule has 0 fully saturated rings. The van der Waals surface area contributed by atoms with Crippen LogP contribution in [0.3, 0.4) is 0 Å². The smallest absolute Gasteiger partial charge is 0.267 e. The Morgan fingerprint density at radius 2 is 1.81 bits per heavy atom. The normalized spacial score (nSPS) is 12.4. The molecule has 1 aromatic carbocycles. The van der Waals surface area contributed by atoms with Gasteiger partial charge in [-0.25, -0.2) is 0 Å². The summed E-state index contributed by atoms with van der Waals surface area (Å²) in [6.45, 7) is 4.75. The van der Waals surface area contributed by atoms with E-state index in [9.17, 15) is 4.79 Å². The van der Waals surface area contributed by atoms with Crippen LogP contribution in [0.4, 0.5) is 0 Å². The Bertz CT molecular complexity index is 599. The lowest BCUT2D eigenvalue weighted by Crippen LogP contribution is -2.32. The highest BCUT2D eigenvalue weighted by molar-refractivity contribution is 5.92. The number of rotatable bonds is 5. The molecule has 1 aromatic heterocycles. The van der Waals surface area contributed by atoms with Gasteiger partial charge in [-0.3, -0.25) is 4.79 Å². The van der Waals surface area contributed by atoms with Gasteiger partial charge in [-0.1, -0.05) is 38.1 Å². The van der Waals surface area contributed by atoms with Crippen molar-refractivity contribution in [2.45, 2.75) is 25.8 Å². The molecule has 0 aliphatic heterocycles. The lowest BCUT2D eigenvalue weighted by atomic mass is 9.99. The highest BCUT2D eigenvalue weighted by Gasteiger charge is 2.12. The zero-order valence-corrected chi connectivity index (χ0v) is 12.8. The van der Waals surface area contributed by atoms with Crippen molar-refractivity contribution in [1.29, 1.82) is 0 Å². The van der Waals surface area contributed by atoms with Gasteiger partial charge in [0.15, 0.2) is 0 Å². The summed E-state index contributed by atoms with van der Waals surface area (Å²) >= 11 is 0. The summed E-state index contributed by atoms with van der Waals surface area (Å²) in [7, 11) is 1.85. The fraction of sp³-hybridized carbons (Fsp3) is 0.353. The summed E-state index contributed by atoms with van der Waals surface area (Å²) in [6, 6.07) is 11.7. The van der Waals surface area contributed by atoms with Crippen LogP contribution in [-0.4, -0.2) is 17.0 Å². The van der Waals surface area contributed by atoms with Crippen molar-refractivity contribution in [3.63, 3.8) is 0 Å². The number of aryl methyl sites for hydroxylation is 1. The van der Waals surface area contributed by atoms with Crippen LogP contribution in [0.15, 0.2) is 42.6 Å².